The molecule has 4 heteroatoms. The molecule has 1 rings (SSSR count). The zero-order valence-corrected chi connectivity index (χ0v) is 4.46. The van der Waals surface area contributed by atoms with Crippen LogP contribution in [0, 0.1) is 0 Å². The van der Waals surface area contributed by atoms with Gasteiger partial charge in [0, 0.05) is 6.92 Å². The third-order valence-electron chi connectivity index (χ3n) is 0.765. The molecule has 0 aromatic rings. The van der Waals surface area contributed by atoms with Gasteiger partial charge in [0.2, 0.25) is 6.29 Å². The van der Waals surface area contributed by atoms with E-state index in [-0.39, 0.29) is 12.2 Å². The lowest BCUT2D eigenvalue weighted by Crippen LogP contribution is -2.10. The van der Waals surface area contributed by atoms with Gasteiger partial charge in [0.05, 0.1) is 0 Å². The van der Waals surface area contributed by atoms with Gasteiger partial charge in [-0.15, -0.1) is 0 Å². The Balaban J connectivity index is 2.14. The Kier molecular flexibility index (Phi) is 1.19. The SMILES string of the molecule is CC(=O)OC1OC1N. The van der Waals surface area contributed by atoms with E-state index in [1.807, 2.05) is 0 Å². The van der Waals surface area contributed by atoms with Crippen molar-refractivity contribution in [1.29, 1.82) is 0 Å². The number of epoxide rings is 1. The van der Waals surface area contributed by atoms with Gasteiger partial charge in [-0.2, -0.15) is 0 Å². The summed E-state index contributed by atoms with van der Waals surface area (Å²) in [6, 6.07) is 0. The van der Waals surface area contributed by atoms with E-state index in [4.69, 9.17) is 5.73 Å². The van der Waals surface area contributed by atoms with E-state index in [1.165, 1.54) is 6.92 Å². The van der Waals surface area contributed by atoms with Gasteiger partial charge in [0.1, 0.15) is 0 Å². The molecule has 0 aromatic heterocycles. The molecule has 0 saturated carbocycles. The van der Waals surface area contributed by atoms with Crippen LogP contribution in [0.25, 0.3) is 0 Å². The molecule has 0 amide bonds. The zero-order valence-electron chi connectivity index (χ0n) is 4.46. The first-order valence-electron chi connectivity index (χ1n) is 2.28. The Morgan fingerprint density at radius 3 is 2.50 bits per heavy atom. The van der Waals surface area contributed by atoms with Crippen molar-refractivity contribution < 1.29 is 14.3 Å². The third-order valence-corrected chi connectivity index (χ3v) is 0.765. The number of carbonyl (C=O) groups is 1. The van der Waals surface area contributed by atoms with Crippen LogP contribution in [0.1, 0.15) is 6.92 Å². The Labute approximate surface area is 46.6 Å². The van der Waals surface area contributed by atoms with Crippen molar-refractivity contribution in [2.75, 3.05) is 0 Å². The largest absolute Gasteiger partial charge is 0.431 e. The van der Waals surface area contributed by atoms with Crippen LogP contribution in [0.5, 0.6) is 0 Å². The molecule has 8 heavy (non-hydrogen) atoms. The van der Waals surface area contributed by atoms with Crippen molar-refractivity contribution in [3.63, 3.8) is 0 Å². The summed E-state index contributed by atoms with van der Waals surface area (Å²) in [6.45, 7) is 1.31. The lowest BCUT2D eigenvalue weighted by atomic mass is 10.7. The number of rotatable bonds is 1. The predicted octanol–water partition coefficient (Wildman–Crippen LogP) is -0.809. The zero-order chi connectivity index (χ0) is 6.15. The Morgan fingerprint density at radius 1 is 1.88 bits per heavy atom. The first-order valence-corrected chi connectivity index (χ1v) is 2.28. The summed E-state index contributed by atoms with van der Waals surface area (Å²) >= 11 is 0. The average Bonchev–Trinajstić information content (AvgIpc) is 2.17. The summed E-state index contributed by atoms with van der Waals surface area (Å²) in [5.41, 5.74) is 5.12. The first kappa shape index (κ1) is 5.53. The van der Waals surface area contributed by atoms with E-state index in [2.05, 4.69) is 9.47 Å². The summed E-state index contributed by atoms with van der Waals surface area (Å²) in [5.74, 6) is -0.358. The molecule has 0 aliphatic carbocycles. The molecule has 0 radical (unpaired) electrons. The minimum absolute atomic E-state index is 0.358. The molecule has 0 bridgehead atoms. The molecular formula is C4H7NO3. The summed E-state index contributed by atoms with van der Waals surface area (Å²) in [5, 5.41) is 0. The van der Waals surface area contributed by atoms with Gasteiger partial charge >= 0.3 is 5.97 Å². The van der Waals surface area contributed by atoms with Gasteiger partial charge in [-0.25, -0.2) is 0 Å². The fraction of sp³-hybridized carbons (Fsp3) is 0.750. The molecule has 1 aliphatic heterocycles. The minimum Gasteiger partial charge on any atom is -0.431 e. The fourth-order valence-electron chi connectivity index (χ4n) is 0.368. The molecule has 0 spiro atoms. The van der Waals surface area contributed by atoms with Gasteiger partial charge in [0.15, 0.2) is 6.23 Å². The molecule has 4 nitrogen and oxygen atoms in total. The third kappa shape index (κ3) is 1.18. The predicted molar refractivity (Wildman–Crippen MR) is 24.6 cm³/mol. The van der Waals surface area contributed by atoms with Crippen LogP contribution in [-0.2, 0) is 14.3 Å². The van der Waals surface area contributed by atoms with E-state index in [0.717, 1.165) is 0 Å². The van der Waals surface area contributed by atoms with Gasteiger partial charge in [-0.1, -0.05) is 0 Å². The van der Waals surface area contributed by atoms with Crippen molar-refractivity contribution in [3.8, 4) is 0 Å². The fourth-order valence-corrected chi connectivity index (χ4v) is 0.368. The highest BCUT2D eigenvalue weighted by Gasteiger charge is 2.38. The van der Waals surface area contributed by atoms with Gasteiger partial charge in [-0.05, 0) is 0 Å². The first-order chi connectivity index (χ1) is 3.70. The highest BCUT2D eigenvalue weighted by molar-refractivity contribution is 5.66. The Morgan fingerprint density at radius 2 is 2.38 bits per heavy atom. The maximum Gasteiger partial charge on any atom is 0.305 e. The van der Waals surface area contributed by atoms with Crippen LogP contribution in [-0.4, -0.2) is 18.5 Å². The van der Waals surface area contributed by atoms with Crippen molar-refractivity contribution in [1.82, 2.24) is 0 Å². The van der Waals surface area contributed by atoms with E-state index >= 15 is 0 Å². The highest BCUT2D eigenvalue weighted by atomic mass is 16.8. The molecule has 1 aliphatic rings. The van der Waals surface area contributed by atoms with Gasteiger partial charge in [-0.3, -0.25) is 4.79 Å². The highest BCUT2D eigenvalue weighted by Crippen LogP contribution is 2.16. The van der Waals surface area contributed by atoms with Crippen LogP contribution < -0.4 is 5.73 Å². The van der Waals surface area contributed by atoms with Gasteiger partial charge in [0.25, 0.3) is 0 Å². The van der Waals surface area contributed by atoms with Crippen LogP contribution in [0.3, 0.4) is 0 Å². The molecule has 1 heterocycles. The van der Waals surface area contributed by atoms with Crippen molar-refractivity contribution >= 4 is 5.97 Å². The number of esters is 1. The van der Waals surface area contributed by atoms with Crippen LogP contribution in [0.4, 0.5) is 0 Å². The van der Waals surface area contributed by atoms with E-state index in [9.17, 15) is 4.79 Å². The molecule has 2 N–H and O–H groups in total. The standard InChI is InChI=1S/C4H7NO3/c1-2(6)7-4-3(5)8-4/h3-4H,5H2,1H3. The van der Waals surface area contributed by atoms with Crippen LogP contribution >= 0.6 is 0 Å². The molecule has 1 saturated heterocycles. The normalized spacial score (nSPS) is 34.2. The molecule has 0 aromatic carbocycles. The topological polar surface area (TPSA) is 64.8 Å². The number of ether oxygens (including phenoxy) is 2. The molecule has 46 valence electrons. The second-order valence-electron chi connectivity index (χ2n) is 1.58. The second-order valence-corrected chi connectivity index (χ2v) is 1.58. The van der Waals surface area contributed by atoms with E-state index in [1.54, 1.807) is 0 Å². The van der Waals surface area contributed by atoms with Crippen molar-refractivity contribution in [3.05, 3.63) is 0 Å². The number of nitrogens with two attached hydrogens (primary N) is 1. The number of carbonyl (C=O) groups excluding carboxylic acids is 1. The Bertz CT molecular complexity index is 114. The van der Waals surface area contributed by atoms with E-state index < -0.39 is 6.29 Å². The maximum absolute atomic E-state index is 10.1. The Hall–Kier alpha value is -0.610. The van der Waals surface area contributed by atoms with Gasteiger partial charge < -0.3 is 15.2 Å². The lowest BCUT2D eigenvalue weighted by molar-refractivity contribution is -0.145. The van der Waals surface area contributed by atoms with Crippen molar-refractivity contribution in [2.24, 2.45) is 5.73 Å². The molecule has 2 unspecified atom stereocenters. The van der Waals surface area contributed by atoms with E-state index in [0.29, 0.717) is 0 Å². The van der Waals surface area contributed by atoms with Crippen LogP contribution in [0.15, 0.2) is 0 Å². The lowest BCUT2D eigenvalue weighted by Gasteiger charge is -1.90. The quantitative estimate of drug-likeness (QED) is 0.360. The smallest absolute Gasteiger partial charge is 0.305 e. The minimum atomic E-state index is -0.479. The monoisotopic (exact) mass is 117 g/mol. The molecular weight excluding hydrogens is 110 g/mol. The second kappa shape index (κ2) is 1.72. The summed E-state index contributed by atoms with van der Waals surface area (Å²) in [6.07, 6.45) is -0.869. The number of hydrogen-bond donors (Lipinski definition) is 1. The maximum atomic E-state index is 10.1. The average molecular weight is 117 g/mol. The molecule has 2 atom stereocenters. The summed E-state index contributed by atoms with van der Waals surface area (Å²) in [4.78, 5) is 10.1. The van der Waals surface area contributed by atoms with Crippen LogP contribution in [0.2, 0.25) is 0 Å². The summed E-state index contributed by atoms with van der Waals surface area (Å²) in [7, 11) is 0. The number of hydrogen-bond acceptors (Lipinski definition) is 4. The van der Waals surface area contributed by atoms with Crippen molar-refractivity contribution in [2.45, 2.75) is 19.4 Å². The molecule has 1 fully saturated rings. The summed E-state index contributed by atoms with van der Waals surface area (Å²) < 4.78 is 9.05.